The molecule has 1 saturated heterocycles. The number of aromatic hydroxyl groups is 1. The lowest BCUT2D eigenvalue weighted by Gasteiger charge is -2.36. The van der Waals surface area contributed by atoms with E-state index < -0.39 is 12.1 Å². The van der Waals surface area contributed by atoms with E-state index in [1.807, 2.05) is 24.3 Å². The summed E-state index contributed by atoms with van der Waals surface area (Å²) < 4.78 is 1.49. The number of hydrogen-bond acceptors (Lipinski definition) is 7. The molecule has 0 spiro atoms. The lowest BCUT2D eigenvalue weighted by Crippen LogP contribution is -2.55. The van der Waals surface area contributed by atoms with E-state index in [1.54, 1.807) is 55.4 Å². The number of benzene rings is 2. The fraction of sp³-hybridized carbons (Fsp3) is 0.472. The first-order chi connectivity index (χ1) is 23.2. The molecule has 3 aromatic rings. The predicted octanol–water partition coefficient (Wildman–Crippen LogP) is 3.22. The first-order valence-electron chi connectivity index (χ1n) is 17.0. The Kier molecular flexibility index (Phi) is 11.8. The third-order valence-corrected chi connectivity index (χ3v) is 9.43. The molecule has 0 radical (unpaired) electrons. The van der Waals surface area contributed by atoms with Crippen molar-refractivity contribution in [2.75, 3.05) is 31.5 Å². The second kappa shape index (κ2) is 16.4. The number of aromatic nitrogens is 2. The van der Waals surface area contributed by atoms with Crippen LogP contribution >= 0.6 is 0 Å². The van der Waals surface area contributed by atoms with Crippen LogP contribution in [0.2, 0.25) is 0 Å². The van der Waals surface area contributed by atoms with Crippen LogP contribution < -0.4 is 16.0 Å². The van der Waals surface area contributed by atoms with Crippen molar-refractivity contribution in [1.29, 1.82) is 0 Å². The van der Waals surface area contributed by atoms with Gasteiger partial charge in [0, 0.05) is 70.1 Å². The zero-order valence-electron chi connectivity index (χ0n) is 27.9. The van der Waals surface area contributed by atoms with Gasteiger partial charge in [-0.25, -0.2) is 0 Å². The highest BCUT2D eigenvalue weighted by atomic mass is 16.3. The average molecular weight is 658 g/mol. The number of carbonyl (C=O) groups is 4. The monoisotopic (exact) mass is 657 g/mol. The van der Waals surface area contributed by atoms with Gasteiger partial charge in [0.1, 0.15) is 23.5 Å². The van der Waals surface area contributed by atoms with Crippen LogP contribution in [0.5, 0.6) is 5.75 Å². The summed E-state index contributed by atoms with van der Waals surface area (Å²) in [6.07, 6.45) is 7.03. The number of hydrogen-bond donors (Lipinski definition) is 4. The normalized spacial score (nSPS) is 16.9. The summed E-state index contributed by atoms with van der Waals surface area (Å²) in [5.74, 6) is -0.627. The molecular formula is C36H47N7O5. The van der Waals surface area contributed by atoms with Crippen LogP contribution in [0.1, 0.15) is 67.1 Å². The van der Waals surface area contributed by atoms with Crippen molar-refractivity contribution in [2.24, 2.45) is 13.0 Å². The first kappa shape index (κ1) is 34.6. The number of rotatable bonds is 12. The highest BCUT2D eigenvalue weighted by Crippen LogP contribution is 2.28. The van der Waals surface area contributed by atoms with Crippen molar-refractivity contribution in [3.8, 4) is 5.75 Å². The van der Waals surface area contributed by atoms with Crippen LogP contribution in [-0.2, 0) is 34.4 Å². The van der Waals surface area contributed by atoms with Gasteiger partial charge in [0.15, 0.2) is 0 Å². The van der Waals surface area contributed by atoms with Crippen molar-refractivity contribution < 1.29 is 24.3 Å². The molecule has 2 atom stereocenters. The van der Waals surface area contributed by atoms with E-state index in [0.29, 0.717) is 50.5 Å². The largest absolute Gasteiger partial charge is 0.508 e. The molecule has 1 aliphatic heterocycles. The van der Waals surface area contributed by atoms with E-state index in [2.05, 4.69) is 25.9 Å². The average Bonchev–Trinajstić information content (AvgIpc) is 3.54. The Morgan fingerprint density at radius 1 is 0.917 bits per heavy atom. The standard InChI is InChI=1S/C36H47N7O5/c1-3-32(45)39-29(36(48)43-21-19-42(20-22-43)24-27-11-7-8-12-31(27)44)23-25-13-15-28(16-14-25)38-35(47)33(26-9-5-4-6-10-26)40-34(46)30-17-18-37-41(30)2/h7-8,11-18,26,29,33,44H,3-6,9-10,19-24H2,1-2H3,(H,38,47)(H,39,45)(H,40,46). The molecule has 12 heteroatoms. The smallest absolute Gasteiger partial charge is 0.270 e. The Balaban J connectivity index is 1.20. The Morgan fingerprint density at radius 3 is 2.27 bits per heavy atom. The zero-order chi connectivity index (χ0) is 34.0. The minimum atomic E-state index is -0.722. The number of amides is 4. The number of nitrogens with zero attached hydrogens (tertiary/aromatic N) is 4. The molecule has 2 aliphatic rings. The molecule has 4 N–H and O–H groups in total. The molecule has 48 heavy (non-hydrogen) atoms. The first-order valence-corrected chi connectivity index (χ1v) is 17.0. The van der Waals surface area contributed by atoms with E-state index in [-0.39, 0.29) is 41.7 Å². The topological polar surface area (TPSA) is 149 Å². The van der Waals surface area contributed by atoms with Crippen LogP contribution in [0.25, 0.3) is 0 Å². The molecular weight excluding hydrogens is 610 g/mol. The summed E-state index contributed by atoms with van der Waals surface area (Å²) >= 11 is 0. The fourth-order valence-corrected chi connectivity index (χ4v) is 6.59. The number of phenolic OH excluding ortho intramolecular Hbond substituents is 1. The number of nitrogens with one attached hydrogen (secondary N) is 3. The Labute approximate surface area is 281 Å². The number of phenols is 1. The third kappa shape index (κ3) is 9.00. The van der Waals surface area contributed by atoms with E-state index in [4.69, 9.17) is 0 Å². The number of carbonyl (C=O) groups excluding carboxylic acids is 4. The number of aryl methyl sites for hydroxylation is 1. The molecule has 1 saturated carbocycles. The lowest BCUT2D eigenvalue weighted by molar-refractivity contribution is -0.138. The number of piperazine rings is 1. The van der Waals surface area contributed by atoms with Crippen molar-refractivity contribution in [1.82, 2.24) is 30.2 Å². The molecule has 12 nitrogen and oxygen atoms in total. The summed E-state index contributed by atoms with van der Waals surface area (Å²) in [5.41, 5.74) is 2.67. The van der Waals surface area contributed by atoms with Crippen LogP contribution in [-0.4, -0.2) is 86.6 Å². The molecule has 2 unspecified atom stereocenters. The van der Waals surface area contributed by atoms with Gasteiger partial charge < -0.3 is 26.0 Å². The third-order valence-electron chi connectivity index (χ3n) is 9.43. The summed E-state index contributed by atoms with van der Waals surface area (Å²) in [6.45, 7) is 4.72. The van der Waals surface area contributed by atoms with Crippen LogP contribution in [0, 0.1) is 5.92 Å². The highest BCUT2D eigenvalue weighted by molar-refractivity contribution is 6.00. The summed E-state index contributed by atoms with van der Waals surface area (Å²) in [6, 6.07) is 14.8. The van der Waals surface area contributed by atoms with E-state index in [0.717, 1.165) is 43.2 Å². The molecule has 2 fully saturated rings. The maximum absolute atomic E-state index is 13.7. The van der Waals surface area contributed by atoms with Gasteiger partial charge in [-0.2, -0.15) is 5.10 Å². The lowest BCUT2D eigenvalue weighted by atomic mass is 9.83. The Hall–Kier alpha value is -4.71. The molecule has 1 aromatic heterocycles. The molecule has 2 aromatic carbocycles. The maximum Gasteiger partial charge on any atom is 0.270 e. The fourth-order valence-electron chi connectivity index (χ4n) is 6.59. The molecule has 5 rings (SSSR count). The van der Waals surface area contributed by atoms with Crippen molar-refractivity contribution in [3.63, 3.8) is 0 Å². The predicted molar refractivity (Wildman–Crippen MR) is 182 cm³/mol. The molecule has 2 heterocycles. The Morgan fingerprint density at radius 2 is 1.62 bits per heavy atom. The zero-order valence-corrected chi connectivity index (χ0v) is 27.9. The van der Waals surface area contributed by atoms with Gasteiger partial charge in [0.2, 0.25) is 17.7 Å². The van der Waals surface area contributed by atoms with E-state index >= 15 is 0 Å². The quantitative estimate of drug-likeness (QED) is 0.234. The minimum absolute atomic E-state index is 0.0384. The second-order valence-corrected chi connectivity index (χ2v) is 12.8. The molecule has 4 amide bonds. The summed E-state index contributed by atoms with van der Waals surface area (Å²) in [7, 11) is 1.69. The van der Waals surface area contributed by atoms with E-state index in [9.17, 15) is 24.3 Å². The molecule has 0 bridgehead atoms. The summed E-state index contributed by atoms with van der Waals surface area (Å²) in [5, 5.41) is 23.1. The van der Waals surface area contributed by atoms with Gasteiger partial charge in [-0.3, -0.25) is 28.8 Å². The van der Waals surface area contributed by atoms with Gasteiger partial charge in [-0.05, 0) is 48.6 Å². The van der Waals surface area contributed by atoms with Gasteiger partial charge in [0.25, 0.3) is 5.91 Å². The Bertz CT molecular complexity index is 1560. The van der Waals surface area contributed by atoms with Gasteiger partial charge in [-0.1, -0.05) is 56.5 Å². The molecule has 1 aliphatic carbocycles. The van der Waals surface area contributed by atoms with Crippen molar-refractivity contribution in [3.05, 3.63) is 77.6 Å². The van der Waals surface area contributed by atoms with Crippen LogP contribution in [0.15, 0.2) is 60.8 Å². The second-order valence-electron chi connectivity index (χ2n) is 12.8. The SMILES string of the molecule is CCC(=O)NC(Cc1ccc(NC(=O)C(NC(=O)c2ccnn2C)C2CCCCC2)cc1)C(=O)N1CCN(Cc2ccccc2O)CC1. The van der Waals surface area contributed by atoms with Crippen LogP contribution in [0.4, 0.5) is 5.69 Å². The van der Waals surface area contributed by atoms with Gasteiger partial charge in [0.05, 0.1) is 0 Å². The van der Waals surface area contributed by atoms with Gasteiger partial charge >= 0.3 is 0 Å². The number of para-hydroxylation sites is 1. The minimum Gasteiger partial charge on any atom is -0.508 e. The van der Waals surface area contributed by atoms with Crippen molar-refractivity contribution in [2.45, 2.75) is 70.5 Å². The van der Waals surface area contributed by atoms with Crippen molar-refractivity contribution >= 4 is 29.3 Å². The van der Waals surface area contributed by atoms with Gasteiger partial charge in [-0.15, -0.1) is 0 Å². The van der Waals surface area contributed by atoms with E-state index in [1.165, 1.54) is 4.68 Å². The number of anilines is 1. The summed E-state index contributed by atoms with van der Waals surface area (Å²) in [4.78, 5) is 56.7. The maximum atomic E-state index is 13.7. The highest BCUT2D eigenvalue weighted by Gasteiger charge is 2.32. The van der Waals surface area contributed by atoms with Crippen LogP contribution in [0.3, 0.4) is 0 Å². The molecule has 256 valence electrons.